The highest BCUT2D eigenvalue weighted by atomic mass is 19.4. The minimum absolute atomic E-state index is 0.0872. The fraction of sp³-hybridized carbons (Fsp3) is 0.214. The first-order valence-electron chi connectivity index (χ1n) is 6.58. The van der Waals surface area contributed by atoms with Crippen molar-refractivity contribution in [1.82, 2.24) is 29.7 Å². The molecule has 0 amide bonds. The van der Waals surface area contributed by atoms with Crippen molar-refractivity contribution in [2.75, 3.05) is 0 Å². The number of aromatic nitrogens is 6. The van der Waals surface area contributed by atoms with Crippen molar-refractivity contribution in [3.63, 3.8) is 0 Å². The number of rotatable bonds is 2. The largest absolute Gasteiger partial charge is 0.419 e. The molecule has 3 aromatic rings. The Kier molecular flexibility index (Phi) is 3.55. The monoisotopic (exact) mass is 320 g/mol. The van der Waals surface area contributed by atoms with Crippen LogP contribution in [0.5, 0.6) is 0 Å². The second kappa shape index (κ2) is 5.41. The fourth-order valence-electron chi connectivity index (χ4n) is 2.06. The summed E-state index contributed by atoms with van der Waals surface area (Å²) in [6.07, 6.45) is 0.145. The molecule has 3 rings (SSSR count). The molecule has 0 atom stereocenters. The molecule has 118 valence electrons. The Hall–Kier alpha value is -2.84. The predicted molar refractivity (Wildman–Crippen MR) is 75.0 cm³/mol. The van der Waals surface area contributed by atoms with Crippen molar-refractivity contribution in [2.24, 2.45) is 7.05 Å². The first-order chi connectivity index (χ1) is 10.9. The highest BCUT2D eigenvalue weighted by Crippen LogP contribution is 2.32. The summed E-state index contributed by atoms with van der Waals surface area (Å²) in [6, 6.07) is 1.67. The third-order valence-electron chi connectivity index (χ3n) is 3.31. The van der Waals surface area contributed by atoms with Gasteiger partial charge in [0.1, 0.15) is 5.69 Å². The van der Waals surface area contributed by atoms with Gasteiger partial charge in [-0.2, -0.15) is 18.3 Å². The van der Waals surface area contributed by atoms with Crippen LogP contribution in [0.1, 0.15) is 11.3 Å². The first-order valence-corrected chi connectivity index (χ1v) is 6.58. The van der Waals surface area contributed by atoms with E-state index >= 15 is 0 Å². The van der Waals surface area contributed by atoms with Gasteiger partial charge in [-0.1, -0.05) is 0 Å². The van der Waals surface area contributed by atoms with Crippen LogP contribution in [0.25, 0.3) is 22.9 Å². The van der Waals surface area contributed by atoms with Gasteiger partial charge in [0.2, 0.25) is 0 Å². The predicted octanol–water partition coefficient (Wildman–Crippen LogP) is 2.66. The van der Waals surface area contributed by atoms with Crippen LogP contribution in [0.15, 0.2) is 30.9 Å². The molecular weight excluding hydrogens is 309 g/mol. The summed E-state index contributed by atoms with van der Waals surface area (Å²) in [5.41, 5.74) is 0.777. The Morgan fingerprint density at radius 1 is 0.957 bits per heavy atom. The maximum Gasteiger partial charge on any atom is 0.419 e. The zero-order chi connectivity index (χ0) is 16.6. The lowest BCUT2D eigenvalue weighted by Crippen LogP contribution is -2.07. The lowest BCUT2D eigenvalue weighted by Gasteiger charge is -2.06. The van der Waals surface area contributed by atoms with E-state index in [1.807, 2.05) is 6.92 Å². The highest BCUT2D eigenvalue weighted by Gasteiger charge is 2.31. The van der Waals surface area contributed by atoms with Crippen LogP contribution in [0, 0.1) is 6.92 Å². The number of halogens is 3. The lowest BCUT2D eigenvalue weighted by atomic mass is 10.1. The number of hydrogen-bond acceptors (Lipinski definition) is 5. The topological polar surface area (TPSA) is 69.4 Å². The molecule has 0 unspecified atom stereocenters. The molecule has 0 aliphatic carbocycles. The van der Waals surface area contributed by atoms with Crippen LogP contribution >= 0.6 is 0 Å². The Morgan fingerprint density at radius 3 is 2.13 bits per heavy atom. The summed E-state index contributed by atoms with van der Waals surface area (Å²) in [6.45, 7) is 1.81. The van der Waals surface area contributed by atoms with Gasteiger partial charge in [-0.15, -0.1) is 0 Å². The quantitative estimate of drug-likeness (QED) is 0.726. The van der Waals surface area contributed by atoms with Crippen LogP contribution < -0.4 is 0 Å². The summed E-state index contributed by atoms with van der Waals surface area (Å²) < 4.78 is 39.4. The maximum absolute atomic E-state index is 12.6. The van der Waals surface area contributed by atoms with Crippen LogP contribution in [0.3, 0.4) is 0 Å². The van der Waals surface area contributed by atoms with Crippen molar-refractivity contribution in [3.8, 4) is 22.9 Å². The molecule has 0 N–H and O–H groups in total. The van der Waals surface area contributed by atoms with E-state index in [1.54, 1.807) is 30.2 Å². The number of aryl methyl sites for hydroxylation is 1. The Balaban J connectivity index is 2.12. The van der Waals surface area contributed by atoms with Gasteiger partial charge >= 0.3 is 6.18 Å². The Morgan fingerprint density at radius 2 is 1.57 bits per heavy atom. The van der Waals surface area contributed by atoms with Crippen molar-refractivity contribution >= 4 is 0 Å². The normalized spacial score (nSPS) is 11.7. The molecular formula is C14H11F3N6. The molecule has 0 spiro atoms. The number of nitrogens with zero attached hydrogens (tertiary/aromatic N) is 6. The Labute approximate surface area is 129 Å². The van der Waals surface area contributed by atoms with Crippen LogP contribution in [0.4, 0.5) is 13.2 Å². The van der Waals surface area contributed by atoms with Gasteiger partial charge in [0.05, 0.1) is 11.1 Å². The smallest absolute Gasteiger partial charge is 0.271 e. The molecule has 0 radical (unpaired) electrons. The summed E-state index contributed by atoms with van der Waals surface area (Å²) in [4.78, 5) is 15.9. The first kappa shape index (κ1) is 15.1. The number of alkyl halides is 3. The highest BCUT2D eigenvalue weighted by molar-refractivity contribution is 5.75. The summed E-state index contributed by atoms with van der Waals surface area (Å²) in [5, 5.41) is 4.28. The van der Waals surface area contributed by atoms with Crippen LogP contribution in [-0.4, -0.2) is 29.7 Å². The molecule has 0 saturated heterocycles. The van der Waals surface area contributed by atoms with Crippen molar-refractivity contribution in [3.05, 3.63) is 42.1 Å². The molecule has 3 aromatic heterocycles. The van der Waals surface area contributed by atoms with Gasteiger partial charge in [-0.25, -0.2) is 19.9 Å². The second-order valence-corrected chi connectivity index (χ2v) is 4.80. The summed E-state index contributed by atoms with van der Waals surface area (Å²) >= 11 is 0. The van der Waals surface area contributed by atoms with E-state index in [9.17, 15) is 13.2 Å². The molecule has 0 aliphatic rings. The van der Waals surface area contributed by atoms with Gasteiger partial charge in [-0.3, -0.25) is 4.68 Å². The van der Waals surface area contributed by atoms with E-state index < -0.39 is 11.7 Å². The SMILES string of the molecule is Cc1c(-c2ncccn2)c(-c2ncc(C(F)(F)F)cn2)nn1C. The third kappa shape index (κ3) is 2.77. The van der Waals surface area contributed by atoms with E-state index in [0.717, 1.165) is 18.1 Å². The molecule has 0 aliphatic heterocycles. The van der Waals surface area contributed by atoms with Gasteiger partial charge in [0.15, 0.2) is 11.6 Å². The van der Waals surface area contributed by atoms with Crippen molar-refractivity contribution in [1.29, 1.82) is 0 Å². The average Bonchev–Trinajstić information content (AvgIpc) is 2.83. The summed E-state index contributed by atoms with van der Waals surface area (Å²) in [5.74, 6) is 0.501. The van der Waals surface area contributed by atoms with Crippen LogP contribution in [-0.2, 0) is 13.2 Å². The fourth-order valence-corrected chi connectivity index (χ4v) is 2.06. The van der Waals surface area contributed by atoms with Crippen molar-refractivity contribution < 1.29 is 13.2 Å². The average molecular weight is 320 g/mol. The van der Waals surface area contributed by atoms with Crippen molar-refractivity contribution in [2.45, 2.75) is 13.1 Å². The zero-order valence-corrected chi connectivity index (χ0v) is 12.2. The standard InChI is InChI=1S/C14H11F3N6/c1-8-10(12-18-4-3-5-19-12)11(22-23(8)2)13-20-6-9(7-21-13)14(15,16)17/h3-7H,1-2H3. The molecule has 9 heteroatoms. The van der Waals surface area contributed by atoms with E-state index in [4.69, 9.17) is 0 Å². The van der Waals surface area contributed by atoms with Gasteiger partial charge in [0, 0.05) is 37.5 Å². The molecule has 0 bridgehead atoms. The van der Waals surface area contributed by atoms with E-state index in [-0.39, 0.29) is 5.82 Å². The van der Waals surface area contributed by atoms with Gasteiger partial charge < -0.3 is 0 Å². The summed E-state index contributed by atoms with van der Waals surface area (Å²) in [7, 11) is 1.72. The zero-order valence-electron chi connectivity index (χ0n) is 12.2. The van der Waals surface area contributed by atoms with Crippen LogP contribution in [0.2, 0.25) is 0 Å². The van der Waals surface area contributed by atoms with Gasteiger partial charge in [0.25, 0.3) is 0 Å². The third-order valence-corrected chi connectivity index (χ3v) is 3.31. The maximum atomic E-state index is 12.6. The minimum atomic E-state index is -4.48. The lowest BCUT2D eigenvalue weighted by molar-refractivity contribution is -0.138. The van der Waals surface area contributed by atoms with E-state index in [1.165, 1.54) is 0 Å². The molecule has 3 heterocycles. The van der Waals surface area contributed by atoms with E-state index in [0.29, 0.717) is 17.1 Å². The minimum Gasteiger partial charge on any atom is -0.271 e. The molecule has 0 aromatic carbocycles. The van der Waals surface area contributed by atoms with E-state index in [2.05, 4.69) is 25.0 Å². The van der Waals surface area contributed by atoms with Gasteiger partial charge in [-0.05, 0) is 13.0 Å². The molecule has 0 fully saturated rings. The number of hydrogen-bond donors (Lipinski definition) is 0. The molecule has 6 nitrogen and oxygen atoms in total. The molecule has 23 heavy (non-hydrogen) atoms. The molecule has 0 saturated carbocycles. The second-order valence-electron chi connectivity index (χ2n) is 4.80. The Bertz CT molecular complexity index is 824.